The Bertz CT molecular complexity index is 488. The van der Waals surface area contributed by atoms with E-state index in [-0.39, 0.29) is 30.8 Å². The van der Waals surface area contributed by atoms with Gasteiger partial charge in [-0.2, -0.15) is 0 Å². The second-order valence-corrected chi connectivity index (χ2v) is 4.62. The Morgan fingerprint density at radius 3 is 2.25 bits per heavy atom. The van der Waals surface area contributed by atoms with Crippen LogP contribution in [0.2, 0.25) is 0 Å². The zero-order valence-corrected chi connectivity index (χ0v) is 11.8. The van der Waals surface area contributed by atoms with Gasteiger partial charge in [0.1, 0.15) is 11.2 Å². The number of aliphatic carboxylic acids is 1. The van der Waals surface area contributed by atoms with Crippen LogP contribution in [-0.4, -0.2) is 34.7 Å². The van der Waals surface area contributed by atoms with Gasteiger partial charge in [0, 0.05) is 5.56 Å². The quantitative estimate of drug-likeness (QED) is 0.686. The van der Waals surface area contributed by atoms with E-state index in [0.717, 1.165) is 5.56 Å². The van der Waals surface area contributed by atoms with Gasteiger partial charge in [-0.25, -0.2) is 0 Å². The molecule has 0 saturated heterocycles. The van der Waals surface area contributed by atoms with Crippen molar-refractivity contribution >= 4 is 29.3 Å². The standard InChI is InChI=1S/C13H14ClNO4.H3N/c1-8(16)7-15-12(17)10-4-2-9(3-5-10)6-11(14)13(18)19;/h2-5,11H,6-7H2,1H3,(H,15,17)(H,18,19);1H3. The Labute approximate surface area is 121 Å². The highest BCUT2D eigenvalue weighted by Gasteiger charge is 2.14. The predicted octanol–water partition coefficient (Wildman–Crippen LogP) is 1.40. The first-order valence-corrected chi connectivity index (χ1v) is 6.07. The van der Waals surface area contributed by atoms with E-state index in [1.165, 1.54) is 6.92 Å². The fraction of sp³-hybridized carbons (Fsp3) is 0.308. The fourth-order valence-corrected chi connectivity index (χ4v) is 1.57. The van der Waals surface area contributed by atoms with Crippen LogP contribution in [0.25, 0.3) is 0 Å². The third-order valence-corrected chi connectivity index (χ3v) is 2.74. The average Bonchev–Trinajstić information content (AvgIpc) is 2.36. The van der Waals surface area contributed by atoms with Crippen molar-refractivity contribution in [2.45, 2.75) is 18.7 Å². The summed E-state index contributed by atoms with van der Waals surface area (Å²) in [6.07, 6.45) is 0.187. The summed E-state index contributed by atoms with van der Waals surface area (Å²) >= 11 is 5.62. The molecule has 0 radical (unpaired) electrons. The lowest BCUT2D eigenvalue weighted by Gasteiger charge is -2.06. The second-order valence-electron chi connectivity index (χ2n) is 4.09. The van der Waals surface area contributed by atoms with Crippen LogP contribution in [0, 0.1) is 0 Å². The number of benzene rings is 1. The number of hydrogen-bond acceptors (Lipinski definition) is 4. The number of amides is 1. The molecule has 110 valence electrons. The van der Waals surface area contributed by atoms with E-state index < -0.39 is 11.3 Å². The smallest absolute Gasteiger partial charge is 0.321 e. The summed E-state index contributed by atoms with van der Waals surface area (Å²) in [5, 5.41) is 10.2. The van der Waals surface area contributed by atoms with Crippen molar-refractivity contribution in [2.75, 3.05) is 6.54 Å². The number of halogens is 1. The zero-order chi connectivity index (χ0) is 14.4. The molecular formula is C13H17ClN2O4. The zero-order valence-electron chi connectivity index (χ0n) is 11.1. The van der Waals surface area contributed by atoms with Gasteiger partial charge in [0.25, 0.3) is 5.91 Å². The van der Waals surface area contributed by atoms with Gasteiger partial charge in [-0.05, 0) is 31.0 Å². The third kappa shape index (κ3) is 5.81. The van der Waals surface area contributed by atoms with Crippen LogP contribution in [0.3, 0.4) is 0 Å². The molecular weight excluding hydrogens is 284 g/mol. The van der Waals surface area contributed by atoms with Gasteiger partial charge in [-0.1, -0.05) is 12.1 Å². The van der Waals surface area contributed by atoms with E-state index >= 15 is 0 Å². The van der Waals surface area contributed by atoms with Crippen LogP contribution >= 0.6 is 11.6 Å². The molecule has 0 heterocycles. The number of carbonyl (C=O) groups is 3. The minimum Gasteiger partial charge on any atom is -0.480 e. The lowest BCUT2D eigenvalue weighted by atomic mass is 10.1. The average molecular weight is 301 g/mol. The monoisotopic (exact) mass is 300 g/mol. The lowest BCUT2D eigenvalue weighted by molar-refractivity contribution is -0.136. The van der Waals surface area contributed by atoms with E-state index in [1.807, 2.05) is 0 Å². The number of nitrogens with one attached hydrogen (secondary N) is 1. The van der Waals surface area contributed by atoms with Gasteiger partial charge >= 0.3 is 5.97 Å². The van der Waals surface area contributed by atoms with Crippen molar-refractivity contribution < 1.29 is 19.5 Å². The van der Waals surface area contributed by atoms with Gasteiger partial charge < -0.3 is 16.6 Å². The summed E-state index contributed by atoms with van der Waals surface area (Å²) in [7, 11) is 0. The number of alkyl halides is 1. The van der Waals surface area contributed by atoms with Crippen molar-refractivity contribution in [1.82, 2.24) is 11.5 Å². The summed E-state index contributed by atoms with van der Waals surface area (Å²) in [6.45, 7) is 1.37. The molecule has 1 aromatic carbocycles. The molecule has 0 aliphatic heterocycles. The van der Waals surface area contributed by atoms with Crippen molar-refractivity contribution in [3.8, 4) is 0 Å². The van der Waals surface area contributed by atoms with E-state index in [2.05, 4.69) is 5.32 Å². The summed E-state index contributed by atoms with van der Waals surface area (Å²) in [4.78, 5) is 32.9. The Hall–Kier alpha value is -1.92. The maximum Gasteiger partial charge on any atom is 0.321 e. The summed E-state index contributed by atoms with van der Waals surface area (Å²) in [5.41, 5.74) is 1.14. The maximum absolute atomic E-state index is 11.6. The van der Waals surface area contributed by atoms with Gasteiger partial charge in [0.15, 0.2) is 0 Å². The Morgan fingerprint density at radius 1 is 1.25 bits per heavy atom. The SMILES string of the molecule is CC(=O)CNC(=O)c1ccc(CC(Cl)C(=O)O)cc1.N. The lowest BCUT2D eigenvalue weighted by Crippen LogP contribution is -2.28. The number of hydrogen-bond donors (Lipinski definition) is 3. The van der Waals surface area contributed by atoms with E-state index in [0.29, 0.717) is 5.56 Å². The predicted molar refractivity (Wildman–Crippen MR) is 75.5 cm³/mol. The number of Topliss-reactive ketones (excluding diaryl/α,β-unsaturated/α-hetero) is 1. The molecule has 1 amide bonds. The van der Waals surface area contributed by atoms with Crippen molar-refractivity contribution in [1.29, 1.82) is 0 Å². The number of carbonyl (C=O) groups excluding carboxylic acids is 2. The van der Waals surface area contributed by atoms with Crippen LogP contribution in [0.5, 0.6) is 0 Å². The molecule has 6 nitrogen and oxygen atoms in total. The molecule has 1 aromatic rings. The van der Waals surface area contributed by atoms with Crippen LogP contribution in [0.4, 0.5) is 0 Å². The first-order chi connectivity index (χ1) is 8.90. The van der Waals surface area contributed by atoms with Gasteiger partial charge in [-0.3, -0.25) is 14.4 Å². The Morgan fingerprint density at radius 2 is 1.80 bits per heavy atom. The van der Waals surface area contributed by atoms with E-state index in [1.54, 1.807) is 24.3 Å². The summed E-state index contributed by atoms with van der Waals surface area (Å²) in [6, 6.07) is 6.41. The molecule has 0 aliphatic carbocycles. The molecule has 7 heteroatoms. The molecule has 1 rings (SSSR count). The van der Waals surface area contributed by atoms with Crippen molar-refractivity contribution in [3.63, 3.8) is 0 Å². The van der Waals surface area contributed by atoms with Gasteiger partial charge in [0.05, 0.1) is 6.54 Å². The maximum atomic E-state index is 11.6. The molecule has 0 bridgehead atoms. The third-order valence-electron chi connectivity index (χ3n) is 2.40. The normalized spacial score (nSPS) is 11.1. The summed E-state index contributed by atoms with van der Waals surface area (Å²) in [5.74, 6) is -1.55. The number of ketones is 1. The first-order valence-electron chi connectivity index (χ1n) is 5.63. The number of carboxylic acids is 1. The highest BCUT2D eigenvalue weighted by molar-refractivity contribution is 6.29. The van der Waals surface area contributed by atoms with Gasteiger partial charge in [-0.15, -0.1) is 11.6 Å². The second kappa shape index (κ2) is 8.29. The van der Waals surface area contributed by atoms with Crippen molar-refractivity contribution in [2.24, 2.45) is 0 Å². The van der Waals surface area contributed by atoms with Gasteiger partial charge in [0.2, 0.25) is 0 Å². The summed E-state index contributed by atoms with van der Waals surface area (Å²) < 4.78 is 0. The minimum absolute atomic E-state index is 0. The molecule has 5 N–H and O–H groups in total. The molecule has 1 unspecified atom stereocenters. The van der Waals surface area contributed by atoms with E-state index in [9.17, 15) is 14.4 Å². The highest BCUT2D eigenvalue weighted by Crippen LogP contribution is 2.10. The highest BCUT2D eigenvalue weighted by atomic mass is 35.5. The largest absolute Gasteiger partial charge is 0.480 e. The molecule has 0 spiro atoms. The minimum atomic E-state index is -1.08. The molecule has 1 atom stereocenters. The number of carboxylic acid groups (broad SMARTS) is 1. The first kappa shape index (κ1) is 18.1. The molecule has 20 heavy (non-hydrogen) atoms. The number of rotatable bonds is 6. The van der Waals surface area contributed by atoms with Crippen LogP contribution in [0.15, 0.2) is 24.3 Å². The topological polar surface area (TPSA) is 118 Å². The van der Waals surface area contributed by atoms with Crippen LogP contribution in [0.1, 0.15) is 22.8 Å². The Balaban J connectivity index is 0.00000361. The molecule has 0 fully saturated rings. The van der Waals surface area contributed by atoms with Crippen LogP contribution in [-0.2, 0) is 16.0 Å². The van der Waals surface area contributed by atoms with Crippen molar-refractivity contribution in [3.05, 3.63) is 35.4 Å². The molecule has 0 aromatic heterocycles. The molecule has 0 aliphatic rings. The van der Waals surface area contributed by atoms with E-state index in [4.69, 9.17) is 16.7 Å². The Kier molecular flexibility index (Phi) is 7.49. The van der Waals surface area contributed by atoms with Crippen LogP contribution < -0.4 is 11.5 Å². The fourth-order valence-electron chi connectivity index (χ4n) is 1.39. The molecule has 0 saturated carbocycles.